The van der Waals surface area contributed by atoms with Crippen molar-refractivity contribution in [3.05, 3.63) is 29.3 Å². The number of fused-ring (bicyclic) bond motifs is 1. The van der Waals surface area contributed by atoms with Gasteiger partial charge < -0.3 is 4.74 Å². The number of hydrogen-bond donors (Lipinski definition) is 0. The first kappa shape index (κ1) is 7.53. The highest BCUT2D eigenvalue weighted by Gasteiger charge is 2.13. The Morgan fingerprint density at radius 1 is 1.17 bits per heavy atom. The first-order valence-electron chi connectivity index (χ1n) is 3.88. The lowest BCUT2D eigenvalue weighted by Gasteiger charge is -2.16. The number of benzene rings is 1. The molecule has 0 aromatic heterocycles. The van der Waals surface area contributed by atoms with E-state index in [-0.39, 0.29) is 0 Å². The molecule has 1 aliphatic rings. The molecule has 0 atom stereocenters. The monoisotopic (exact) mass is 170 g/mol. The van der Waals surface area contributed by atoms with E-state index < -0.39 is 11.6 Å². The molecule has 0 N–H and O–H groups in total. The fourth-order valence-electron chi connectivity index (χ4n) is 1.34. The van der Waals surface area contributed by atoms with Crippen molar-refractivity contribution < 1.29 is 13.5 Å². The van der Waals surface area contributed by atoms with Gasteiger partial charge in [-0.25, -0.2) is 8.78 Å². The Morgan fingerprint density at radius 3 is 2.75 bits per heavy atom. The molecule has 0 bridgehead atoms. The van der Waals surface area contributed by atoms with Crippen molar-refractivity contribution in [2.24, 2.45) is 0 Å². The largest absolute Gasteiger partial charge is 0.493 e. The topological polar surface area (TPSA) is 9.23 Å². The maximum atomic E-state index is 12.7. The van der Waals surface area contributed by atoms with Gasteiger partial charge in [-0.2, -0.15) is 0 Å². The molecule has 2 rings (SSSR count). The molecule has 0 unspecified atom stereocenters. The van der Waals surface area contributed by atoms with Crippen LogP contribution in [0.15, 0.2) is 12.1 Å². The molecule has 1 aliphatic heterocycles. The van der Waals surface area contributed by atoms with Gasteiger partial charge in [-0.1, -0.05) is 0 Å². The summed E-state index contributed by atoms with van der Waals surface area (Å²) in [7, 11) is 0. The van der Waals surface area contributed by atoms with Crippen LogP contribution in [0, 0.1) is 11.6 Å². The van der Waals surface area contributed by atoms with E-state index in [9.17, 15) is 8.78 Å². The predicted molar refractivity (Wildman–Crippen MR) is 40.2 cm³/mol. The zero-order valence-electron chi connectivity index (χ0n) is 6.44. The minimum absolute atomic E-state index is 0.486. The zero-order valence-corrected chi connectivity index (χ0v) is 6.44. The molecule has 1 heterocycles. The van der Waals surface area contributed by atoms with Crippen LogP contribution in [0.4, 0.5) is 8.78 Å². The Balaban J connectivity index is 2.49. The summed E-state index contributed by atoms with van der Waals surface area (Å²) in [6, 6.07) is 2.33. The SMILES string of the molecule is Fc1cc2c(cc1F)OCCC2. The Kier molecular flexibility index (Phi) is 1.71. The molecule has 0 radical (unpaired) electrons. The van der Waals surface area contributed by atoms with Crippen LogP contribution in [0.1, 0.15) is 12.0 Å². The van der Waals surface area contributed by atoms with Gasteiger partial charge in [0.15, 0.2) is 11.6 Å². The second kappa shape index (κ2) is 2.73. The third kappa shape index (κ3) is 1.15. The van der Waals surface area contributed by atoms with Crippen molar-refractivity contribution in [2.45, 2.75) is 12.8 Å². The summed E-state index contributed by atoms with van der Waals surface area (Å²) in [5.41, 5.74) is 0.764. The Bertz CT molecular complexity index is 279. The summed E-state index contributed by atoms with van der Waals surface area (Å²) in [4.78, 5) is 0. The molecular formula is C9H8F2O. The van der Waals surface area contributed by atoms with E-state index in [1.165, 1.54) is 6.07 Å². The van der Waals surface area contributed by atoms with Crippen molar-refractivity contribution >= 4 is 0 Å². The molecule has 12 heavy (non-hydrogen) atoms. The van der Waals surface area contributed by atoms with Crippen molar-refractivity contribution in [2.75, 3.05) is 6.61 Å². The average molecular weight is 170 g/mol. The van der Waals surface area contributed by atoms with Crippen molar-refractivity contribution in [3.8, 4) is 5.75 Å². The van der Waals surface area contributed by atoms with Gasteiger partial charge in [-0.05, 0) is 24.5 Å². The molecule has 0 amide bonds. The summed E-state index contributed by atoms with van der Waals surface area (Å²) in [6.07, 6.45) is 1.64. The van der Waals surface area contributed by atoms with E-state index in [1.54, 1.807) is 0 Å². The zero-order chi connectivity index (χ0) is 8.55. The molecule has 1 aromatic carbocycles. The predicted octanol–water partition coefficient (Wildman–Crippen LogP) is 2.29. The maximum Gasteiger partial charge on any atom is 0.162 e. The minimum Gasteiger partial charge on any atom is -0.493 e. The van der Waals surface area contributed by atoms with Crippen molar-refractivity contribution in [3.63, 3.8) is 0 Å². The fraction of sp³-hybridized carbons (Fsp3) is 0.333. The third-order valence-electron chi connectivity index (χ3n) is 1.95. The smallest absolute Gasteiger partial charge is 0.162 e. The molecule has 1 aromatic rings. The third-order valence-corrected chi connectivity index (χ3v) is 1.95. The maximum absolute atomic E-state index is 12.7. The standard InChI is InChI=1S/C9H8F2O/c10-7-4-6-2-1-3-12-9(6)5-8(7)11/h4-5H,1-3H2. The number of rotatable bonds is 0. The van der Waals surface area contributed by atoms with Crippen molar-refractivity contribution in [1.82, 2.24) is 0 Å². The molecular weight excluding hydrogens is 162 g/mol. The normalized spacial score (nSPS) is 15.2. The number of hydrogen-bond acceptors (Lipinski definition) is 1. The van der Waals surface area contributed by atoms with Crippen LogP contribution in [0.5, 0.6) is 5.75 Å². The summed E-state index contributed by atoms with van der Waals surface area (Å²) >= 11 is 0. The van der Waals surface area contributed by atoms with Crippen LogP contribution in [-0.4, -0.2) is 6.61 Å². The molecule has 0 fully saturated rings. The van der Waals surface area contributed by atoms with Gasteiger partial charge >= 0.3 is 0 Å². The van der Waals surface area contributed by atoms with Crippen LogP contribution in [-0.2, 0) is 6.42 Å². The van der Waals surface area contributed by atoms with Gasteiger partial charge in [-0.3, -0.25) is 0 Å². The van der Waals surface area contributed by atoms with Crippen LogP contribution in [0.2, 0.25) is 0 Å². The van der Waals surface area contributed by atoms with Crippen LogP contribution >= 0.6 is 0 Å². The highest BCUT2D eigenvalue weighted by Crippen LogP contribution is 2.26. The number of ether oxygens (including phenoxy) is 1. The lowest BCUT2D eigenvalue weighted by atomic mass is 10.1. The van der Waals surface area contributed by atoms with E-state index in [2.05, 4.69) is 0 Å². The Hall–Kier alpha value is -1.12. The molecule has 0 saturated carbocycles. The van der Waals surface area contributed by atoms with E-state index in [4.69, 9.17) is 4.74 Å². The quantitative estimate of drug-likeness (QED) is 0.580. The molecule has 64 valence electrons. The summed E-state index contributed by atoms with van der Waals surface area (Å²) in [5, 5.41) is 0. The average Bonchev–Trinajstić information content (AvgIpc) is 2.07. The van der Waals surface area contributed by atoms with Crippen LogP contribution < -0.4 is 4.74 Å². The highest BCUT2D eigenvalue weighted by molar-refractivity contribution is 5.36. The second-order valence-electron chi connectivity index (χ2n) is 2.83. The molecule has 0 aliphatic carbocycles. The lowest BCUT2D eigenvalue weighted by molar-refractivity contribution is 0.285. The second-order valence-corrected chi connectivity index (χ2v) is 2.83. The van der Waals surface area contributed by atoms with Gasteiger partial charge in [0.25, 0.3) is 0 Å². The molecule has 0 spiro atoms. The summed E-state index contributed by atoms with van der Waals surface area (Å²) in [5.74, 6) is -1.14. The molecule has 0 saturated heterocycles. The first-order valence-corrected chi connectivity index (χ1v) is 3.88. The number of halogens is 2. The Morgan fingerprint density at radius 2 is 1.92 bits per heavy atom. The fourth-order valence-corrected chi connectivity index (χ4v) is 1.34. The molecule has 1 nitrogen and oxygen atoms in total. The lowest BCUT2D eigenvalue weighted by Crippen LogP contribution is -2.09. The van der Waals surface area contributed by atoms with E-state index >= 15 is 0 Å². The van der Waals surface area contributed by atoms with Gasteiger partial charge in [0.1, 0.15) is 5.75 Å². The van der Waals surface area contributed by atoms with E-state index in [1.807, 2.05) is 0 Å². The summed E-state index contributed by atoms with van der Waals surface area (Å²) < 4.78 is 30.5. The van der Waals surface area contributed by atoms with E-state index in [0.717, 1.165) is 24.5 Å². The van der Waals surface area contributed by atoms with Gasteiger partial charge in [0.05, 0.1) is 6.61 Å². The minimum atomic E-state index is -0.837. The Labute approximate surface area is 69.0 Å². The van der Waals surface area contributed by atoms with Gasteiger partial charge in [-0.15, -0.1) is 0 Å². The molecule has 3 heteroatoms. The summed E-state index contributed by atoms with van der Waals surface area (Å²) in [6.45, 7) is 0.595. The number of aryl methyl sites for hydroxylation is 1. The van der Waals surface area contributed by atoms with Gasteiger partial charge in [0, 0.05) is 6.07 Å². The van der Waals surface area contributed by atoms with Crippen LogP contribution in [0.3, 0.4) is 0 Å². The van der Waals surface area contributed by atoms with Crippen molar-refractivity contribution in [1.29, 1.82) is 0 Å². The van der Waals surface area contributed by atoms with Gasteiger partial charge in [0.2, 0.25) is 0 Å². The van der Waals surface area contributed by atoms with Crippen LogP contribution in [0.25, 0.3) is 0 Å². The van der Waals surface area contributed by atoms with E-state index in [0.29, 0.717) is 12.4 Å². The first-order chi connectivity index (χ1) is 5.77. The highest BCUT2D eigenvalue weighted by atomic mass is 19.2.